The van der Waals surface area contributed by atoms with E-state index >= 15 is 0 Å². The van der Waals surface area contributed by atoms with Crippen LogP contribution in [0.15, 0.2) is 54.6 Å². The van der Waals surface area contributed by atoms with E-state index in [9.17, 15) is 9.59 Å². The third-order valence-electron chi connectivity index (χ3n) is 4.89. The van der Waals surface area contributed by atoms with Crippen molar-refractivity contribution in [2.45, 2.75) is 65.5 Å². The molecular weight excluding hydrogens is 390 g/mol. The zero-order valence-corrected chi connectivity index (χ0v) is 19.3. The number of esters is 1. The van der Waals surface area contributed by atoms with Crippen LogP contribution in [0.25, 0.3) is 11.1 Å². The molecule has 0 aliphatic heterocycles. The lowest BCUT2D eigenvalue weighted by atomic mass is 9.95. The second-order valence-corrected chi connectivity index (χ2v) is 8.83. The highest BCUT2D eigenvalue weighted by molar-refractivity contribution is 5.72. The maximum atomic E-state index is 12.3. The Morgan fingerprint density at radius 1 is 0.968 bits per heavy atom. The lowest BCUT2D eigenvalue weighted by Crippen LogP contribution is -2.41. The first-order chi connectivity index (χ1) is 14.7. The molecule has 1 N–H and O–H groups in total. The predicted molar refractivity (Wildman–Crippen MR) is 124 cm³/mol. The zero-order valence-electron chi connectivity index (χ0n) is 19.3. The topological polar surface area (TPSA) is 64.6 Å². The normalized spacial score (nSPS) is 13.2. The Labute approximate surface area is 186 Å². The quantitative estimate of drug-likeness (QED) is 0.518. The van der Waals surface area contributed by atoms with Crippen molar-refractivity contribution in [1.82, 2.24) is 5.32 Å². The Kier molecular flexibility index (Phi) is 9.10. The number of hydrogen-bond acceptors (Lipinski definition) is 4. The number of carbonyl (C=O) groups excluding carboxylic acids is 2. The zero-order chi connectivity index (χ0) is 22.9. The molecule has 0 aromatic heterocycles. The lowest BCUT2D eigenvalue weighted by Gasteiger charge is -2.25. The number of alkyl carbamates (subject to hydrolysis) is 1. The number of hydrogen-bond donors (Lipinski definition) is 1. The predicted octanol–water partition coefficient (Wildman–Crippen LogP) is 5.77. The first-order valence-electron chi connectivity index (χ1n) is 11.0. The Bertz CT molecular complexity index is 825. The number of carbonyl (C=O) groups is 2. The summed E-state index contributed by atoms with van der Waals surface area (Å²) in [5.74, 6) is -0.550. The Hall–Kier alpha value is -2.82. The molecule has 0 radical (unpaired) electrons. The fraction of sp³-hybridized carbons (Fsp3) is 0.462. The molecule has 31 heavy (non-hydrogen) atoms. The summed E-state index contributed by atoms with van der Waals surface area (Å²) < 4.78 is 10.5. The molecular formula is C26H35NO4. The van der Waals surface area contributed by atoms with Crippen LogP contribution < -0.4 is 5.32 Å². The minimum atomic E-state index is -0.575. The van der Waals surface area contributed by atoms with Gasteiger partial charge in [0.1, 0.15) is 5.60 Å². The number of rotatable bonds is 9. The Morgan fingerprint density at radius 2 is 1.58 bits per heavy atom. The third kappa shape index (κ3) is 8.83. The van der Waals surface area contributed by atoms with Crippen molar-refractivity contribution in [3.05, 3.63) is 60.2 Å². The molecule has 0 aliphatic carbocycles. The molecule has 0 fully saturated rings. The second-order valence-electron chi connectivity index (χ2n) is 8.83. The number of aryl methyl sites for hydroxylation is 1. The van der Waals surface area contributed by atoms with Gasteiger partial charge in [-0.1, -0.05) is 61.5 Å². The molecule has 0 aliphatic rings. The van der Waals surface area contributed by atoms with Gasteiger partial charge in [0.25, 0.3) is 0 Å². The average molecular weight is 426 g/mol. The summed E-state index contributed by atoms with van der Waals surface area (Å²) in [4.78, 5) is 24.4. The van der Waals surface area contributed by atoms with Gasteiger partial charge >= 0.3 is 12.1 Å². The molecule has 0 spiro atoms. The van der Waals surface area contributed by atoms with Crippen LogP contribution >= 0.6 is 0 Å². The van der Waals surface area contributed by atoms with Gasteiger partial charge in [-0.3, -0.25) is 4.79 Å². The molecule has 1 amide bonds. The van der Waals surface area contributed by atoms with Crippen LogP contribution in [0.3, 0.4) is 0 Å². The summed E-state index contributed by atoms with van der Waals surface area (Å²) in [7, 11) is 0. The minimum Gasteiger partial charge on any atom is -0.466 e. The first kappa shape index (κ1) is 24.4. The van der Waals surface area contributed by atoms with Crippen LogP contribution in [-0.4, -0.2) is 30.3 Å². The van der Waals surface area contributed by atoms with Gasteiger partial charge in [0.2, 0.25) is 0 Å². The average Bonchev–Trinajstić information content (AvgIpc) is 2.71. The first-order valence-corrected chi connectivity index (χ1v) is 11.0. The number of benzene rings is 2. The van der Waals surface area contributed by atoms with Gasteiger partial charge in [-0.2, -0.15) is 0 Å². The van der Waals surface area contributed by atoms with Gasteiger partial charge in [0.05, 0.1) is 12.5 Å². The van der Waals surface area contributed by atoms with Gasteiger partial charge in [0, 0.05) is 6.04 Å². The standard InChI is InChI=1S/C26H35NO4/c1-6-30-24(28)19(2)18-23(27-25(29)31-26(3,4)5)17-14-20-12-15-22(16-13-20)21-10-8-7-9-11-21/h7-13,15-16,19,23H,6,14,17-18H2,1-5H3,(H,27,29). The molecule has 168 valence electrons. The summed E-state index contributed by atoms with van der Waals surface area (Å²) in [5, 5.41) is 2.94. The van der Waals surface area contributed by atoms with Crippen LogP contribution in [0.5, 0.6) is 0 Å². The summed E-state index contributed by atoms with van der Waals surface area (Å²) >= 11 is 0. The summed E-state index contributed by atoms with van der Waals surface area (Å²) in [6, 6.07) is 18.5. The molecule has 2 rings (SSSR count). The summed E-state index contributed by atoms with van der Waals surface area (Å²) in [6.07, 6.45) is 1.52. The Morgan fingerprint density at radius 3 is 2.16 bits per heavy atom. The molecule has 0 saturated heterocycles. The van der Waals surface area contributed by atoms with Gasteiger partial charge in [0.15, 0.2) is 0 Å². The van der Waals surface area contributed by atoms with E-state index in [4.69, 9.17) is 9.47 Å². The highest BCUT2D eigenvalue weighted by Gasteiger charge is 2.24. The van der Waals surface area contributed by atoms with E-state index in [2.05, 4.69) is 41.7 Å². The molecule has 2 unspecified atom stereocenters. The maximum absolute atomic E-state index is 12.3. The van der Waals surface area contributed by atoms with Gasteiger partial charge < -0.3 is 14.8 Å². The fourth-order valence-corrected chi connectivity index (χ4v) is 3.37. The van der Waals surface area contributed by atoms with Gasteiger partial charge in [-0.25, -0.2) is 4.79 Å². The van der Waals surface area contributed by atoms with Crippen LogP contribution in [0.1, 0.15) is 53.0 Å². The molecule has 5 nitrogen and oxygen atoms in total. The number of ether oxygens (including phenoxy) is 2. The molecule has 0 heterocycles. The van der Waals surface area contributed by atoms with E-state index in [1.54, 1.807) is 6.92 Å². The summed E-state index contributed by atoms with van der Waals surface area (Å²) in [5.41, 5.74) is 2.96. The van der Waals surface area contributed by atoms with Crippen molar-refractivity contribution in [3.8, 4) is 11.1 Å². The van der Waals surface area contributed by atoms with Crippen molar-refractivity contribution in [2.24, 2.45) is 5.92 Å². The van der Waals surface area contributed by atoms with Crippen molar-refractivity contribution >= 4 is 12.1 Å². The van der Waals surface area contributed by atoms with E-state index in [1.807, 2.05) is 45.9 Å². The minimum absolute atomic E-state index is 0.192. The molecule has 5 heteroatoms. The van der Waals surface area contributed by atoms with Crippen molar-refractivity contribution in [3.63, 3.8) is 0 Å². The lowest BCUT2D eigenvalue weighted by molar-refractivity contribution is -0.147. The SMILES string of the molecule is CCOC(=O)C(C)CC(CCc1ccc(-c2ccccc2)cc1)NC(=O)OC(C)(C)C. The monoisotopic (exact) mass is 425 g/mol. The fourth-order valence-electron chi connectivity index (χ4n) is 3.37. The largest absolute Gasteiger partial charge is 0.466 e. The van der Waals surface area contributed by atoms with Crippen molar-refractivity contribution in [2.75, 3.05) is 6.61 Å². The van der Waals surface area contributed by atoms with Crippen LogP contribution in [-0.2, 0) is 20.7 Å². The molecule has 0 saturated carbocycles. The van der Waals surface area contributed by atoms with Crippen LogP contribution in [0.4, 0.5) is 4.79 Å². The molecule has 2 atom stereocenters. The number of amides is 1. The van der Waals surface area contributed by atoms with Gasteiger partial charge in [-0.05, 0) is 63.6 Å². The van der Waals surface area contributed by atoms with Crippen LogP contribution in [0, 0.1) is 5.92 Å². The smallest absolute Gasteiger partial charge is 0.407 e. The maximum Gasteiger partial charge on any atom is 0.407 e. The number of nitrogens with one attached hydrogen (secondary N) is 1. The third-order valence-corrected chi connectivity index (χ3v) is 4.89. The summed E-state index contributed by atoms with van der Waals surface area (Å²) in [6.45, 7) is 9.46. The molecule has 0 bridgehead atoms. The van der Waals surface area contributed by atoms with E-state index < -0.39 is 11.7 Å². The highest BCUT2D eigenvalue weighted by atomic mass is 16.6. The Balaban J connectivity index is 2.02. The van der Waals surface area contributed by atoms with E-state index in [-0.39, 0.29) is 17.9 Å². The molecule has 2 aromatic rings. The van der Waals surface area contributed by atoms with Crippen molar-refractivity contribution in [1.29, 1.82) is 0 Å². The van der Waals surface area contributed by atoms with Gasteiger partial charge in [-0.15, -0.1) is 0 Å². The van der Waals surface area contributed by atoms with E-state index in [1.165, 1.54) is 16.7 Å². The van der Waals surface area contributed by atoms with E-state index in [0.29, 0.717) is 19.4 Å². The second kappa shape index (κ2) is 11.5. The highest BCUT2D eigenvalue weighted by Crippen LogP contribution is 2.21. The molecule has 2 aromatic carbocycles. The van der Waals surface area contributed by atoms with Crippen molar-refractivity contribution < 1.29 is 19.1 Å². The van der Waals surface area contributed by atoms with Crippen LogP contribution in [0.2, 0.25) is 0 Å². The van der Waals surface area contributed by atoms with E-state index in [0.717, 1.165) is 6.42 Å².